The van der Waals surface area contributed by atoms with Crippen LogP contribution in [0.25, 0.3) is 0 Å². The fourth-order valence-electron chi connectivity index (χ4n) is 8.90. The van der Waals surface area contributed by atoms with Gasteiger partial charge >= 0.3 is 5.97 Å². The number of nitrogens with two attached hydrogens (primary N) is 1. The number of hydrogen-bond acceptors (Lipinski definition) is 6. The molecule has 5 N–H and O–H groups in total. The fraction of sp³-hybridized carbons (Fsp3) is 0.433. The number of carbonyl (C=O) groups is 2. The lowest BCUT2D eigenvalue weighted by molar-refractivity contribution is -0.167. The van der Waals surface area contributed by atoms with E-state index in [1.165, 1.54) is 6.20 Å². The summed E-state index contributed by atoms with van der Waals surface area (Å²) in [4.78, 5) is 26.9. The summed E-state index contributed by atoms with van der Waals surface area (Å²) in [5.41, 5.74) is 7.72. The maximum absolute atomic E-state index is 13.6. The maximum Gasteiger partial charge on any atom is 0.309 e. The van der Waals surface area contributed by atoms with Crippen molar-refractivity contribution in [2.45, 2.75) is 55.4 Å². The number of amides is 1. The van der Waals surface area contributed by atoms with E-state index in [4.69, 9.17) is 15.2 Å². The lowest BCUT2D eigenvalue weighted by atomic mass is 9.35. The van der Waals surface area contributed by atoms with Crippen molar-refractivity contribution in [3.8, 4) is 11.5 Å². The number of aliphatic carboxylic acids is 1. The Morgan fingerprint density at radius 3 is 2.44 bits per heavy atom. The van der Waals surface area contributed by atoms with Crippen molar-refractivity contribution >= 4 is 17.6 Å². The number of nitrogens with one attached hydrogen (secondary N) is 2. The van der Waals surface area contributed by atoms with Gasteiger partial charge in [-0.05, 0) is 86.4 Å². The number of carboxylic acid groups (broad SMARTS) is 1. The van der Waals surface area contributed by atoms with Gasteiger partial charge in [0.05, 0.1) is 25.7 Å². The second kappa shape index (κ2) is 8.76. The largest absolute Gasteiger partial charge is 0.496 e. The zero-order valence-corrected chi connectivity index (χ0v) is 22.4. The zero-order chi connectivity index (χ0) is 27.6. The molecule has 9 nitrogen and oxygen atoms in total. The van der Waals surface area contributed by atoms with Gasteiger partial charge in [0.15, 0.2) is 0 Å². The van der Waals surface area contributed by atoms with Crippen LogP contribution >= 0.6 is 0 Å². The van der Waals surface area contributed by atoms with Crippen LogP contribution in [0.15, 0.2) is 48.7 Å². The highest BCUT2D eigenvalue weighted by Crippen LogP contribution is 2.71. The summed E-state index contributed by atoms with van der Waals surface area (Å²) >= 11 is 0. The molecular weight excluding hydrogens is 496 g/mol. The summed E-state index contributed by atoms with van der Waals surface area (Å²) in [7, 11) is 3.29. The van der Waals surface area contributed by atoms with Gasteiger partial charge in [0.25, 0.3) is 5.91 Å². The monoisotopic (exact) mass is 530 g/mol. The third kappa shape index (κ3) is 3.62. The first kappa shape index (κ1) is 25.3. The molecule has 5 unspecified atom stereocenters. The van der Waals surface area contributed by atoms with Gasteiger partial charge in [-0.15, -0.1) is 0 Å². The Morgan fingerprint density at radius 2 is 1.82 bits per heavy atom. The van der Waals surface area contributed by atoms with Crippen LogP contribution < -0.4 is 20.5 Å². The Kier molecular flexibility index (Phi) is 5.68. The van der Waals surface area contributed by atoms with Gasteiger partial charge in [0, 0.05) is 28.3 Å². The Bertz CT molecular complexity index is 1430. The molecule has 204 valence electrons. The van der Waals surface area contributed by atoms with E-state index in [0.717, 1.165) is 29.5 Å². The van der Waals surface area contributed by atoms with E-state index in [9.17, 15) is 14.7 Å². The molecule has 2 aromatic carbocycles. The topological polar surface area (TPSA) is 140 Å². The van der Waals surface area contributed by atoms with Crippen molar-refractivity contribution in [3.63, 3.8) is 0 Å². The van der Waals surface area contributed by atoms with Gasteiger partial charge in [0.2, 0.25) is 0 Å². The summed E-state index contributed by atoms with van der Waals surface area (Å²) in [6.45, 7) is 2.00. The van der Waals surface area contributed by atoms with Gasteiger partial charge < -0.3 is 25.6 Å². The van der Waals surface area contributed by atoms with Crippen LogP contribution in [0.3, 0.4) is 0 Å². The summed E-state index contributed by atoms with van der Waals surface area (Å²) in [6.07, 6.45) is 4.72. The third-order valence-corrected chi connectivity index (χ3v) is 9.50. The number of rotatable bonds is 7. The molecule has 0 saturated heterocycles. The van der Waals surface area contributed by atoms with Crippen LogP contribution in [-0.2, 0) is 15.6 Å². The van der Waals surface area contributed by atoms with Crippen molar-refractivity contribution in [2.75, 3.05) is 20.0 Å². The van der Waals surface area contributed by atoms with Gasteiger partial charge in [0.1, 0.15) is 17.2 Å². The number of carbonyl (C=O) groups excluding carboxylic acids is 1. The van der Waals surface area contributed by atoms with Gasteiger partial charge in [-0.1, -0.05) is 12.1 Å². The van der Waals surface area contributed by atoms with Crippen LogP contribution in [0.4, 0.5) is 5.69 Å². The van der Waals surface area contributed by atoms with E-state index >= 15 is 0 Å². The average molecular weight is 531 g/mol. The first-order valence-corrected chi connectivity index (χ1v) is 13.3. The summed E-state index contributed by atoms with van der Waals surface area (Å²) in [6, 6.07) is 13.1. The molecule has 3 aromatic rings. The number of aryl methyl sites for hydroxylation is 1. The summed E-state index contributed by atoms with van der Waals surface area (Å²) in [5, 5.41) is 20.9. The van der Waals surface area contributed by atoms with E-state index in [1.54, 1.807) is 20.3 Å². The molecule has 4 aliphatic carbocycles. The molecule has 4 fully saturated rings. The Morgan fingerprint density at radius 1 is 1.08 bits per heavy atom. The van der Waals surface area contributed by atoms with Crippen molar-refractivity contribution < 1.29 is 24.2 Å². The van der Waals surface area contributed by atoms with Gasteiger partial charge in [-0.3, -0.25) is 14.7 Å². The number of H-pyrrole nitrogens is 1. The lowest BCUT2D eigenvalue weighted by Crippen LogP contribution is -2.75. The summed E-state index contributed by atoms with van der Waals surface area (Å²) in [5.74, 6) is -0.504. The number of hydrogen-bond donors (Lipinski definition) is 4. The first-order chi connectivity index (χ1) is 18.7. The van der Waals surface area contributed by atoms with Crippen LogP contribution in [0.1, 0.15) is 59.3 Å². The smallest absolute Gasteiger partial charge is 0.309 e. The van der Waals surface area contributed by atoms with Crippen LogP contribution in [0.2, 0.25) is 0 Å². The quantitative estimate of drug-likeness (QED) is 0.339. The zero-order valence-electron chi connectivity index (χ0n) is 22.4. The van der Waals surface area contributed by atoms with Crippen LogP contribution in [0, 0.1) is 18.8 Å². The molecule has 4 aliphatic rings. The predicted octanol–water partition coefficient (Wildman–Crippen LogP) is 3.97. The number of nitrogen functional groups attached to an aromatic ring is 1. The number of aromatic nitrogens is 2. The second-order valence-electron chi connectivity index (χ2n) is 11.7. The summed E-state index contributed by atoms with van der Waals surface area (Å²) < 4.78 is 11.8. The standard InChI is InChI=1S/C30H34N4O5/c1-17-11-19(31)7-8-20(17)29-13-18-12-28(15-29,24-22(38-2)5-4-6-23(24)39-3)16-30(14-18,25(29)27(36)37)33-26(35)21-9-10-32-34-21/h4-11,18,25H,12-16,31H2,1-3H3,(H,32,34)(H,33,35)(H,36,37). The molecule has 1 heterocycles. The predicted molar refractivity (Wildman–Crippen MR) is 145 cm³/mol. The molecule has 0 spiro atoms. The third-order valence-electron chi connectivity index (χ3n) is 9.50. The number of benzene rings is 2. The number of ether oxygens (including phenoxy) is 2. The number of nitrogens with zero attached hydrogens (tertiary/aromatic N) is 1. The SMILES string of the molecule is COc1cccc(OC)c1C12CC3CC(NC(=O)c4ccn[nH]4)(C1)C(C(=O)O)C(c1ccc(N)cc1C)(C3)C2. The lowest BCUT2D eigenvalue weighted by Gasteiger charge is -2.69. The molecule has 7 rings (SSSR count). The van der Waals surface area contributed by atoms with Gasteiger partial charge in [-0.25, -0.2) is 0 Å². The van der Waals surface area contributed by atoms with Crippen molar-refractivity contribution in [1.29, 1.82) is 0 Å². The van der Waals surface area contributed by atoms with E-state index in [0.29, 0.717) is 42.1 Å². The maximum atomic E-state index is 13.6. The van der Waals surface area contributed by atoms with Crippen LogP contribution in [0.5, 0.6) is 11.5 Å². The number of aromatic amines is 1. The van der Waals surface area contributed by atoms with Crippen molar-refractivity contribution in [3.05, 3.63) is 71.0 Å². The van der Waals surface area contributed by atoms with Crippen LogP contribution in [-0.4, -0.2) is 46.9 Å². The Balaban J connectivity index is 1.62. The van der Waals surface area contributed by atoms with Gasteiger partial charge in [-0.2, -0.15) is 5.10 Å². The number of anilines is 1. The van der Waals surface area contributed by atoms with Crippen molar-refractivity contribution in [1.82, 2.24) is 15.5 Å². The minimum absolute atomic E-state index is 0.178. The molecule has 4 saturated carbocycles. The normalized spacial score (nSPS) is 30.6. The molecule has 9 heteroatoms. The highest BCUT2D eigenvalue weighted by atomic mass is 16.5. The van der Waals surface area contributed by atoms with E-state index in [2.05, 4.69) is 15.5 Å². The molecule has 0 aliphatic heterocycles. The van der Waals surface area contributed by atoms with E-state index in [-0.39, 0.29) is 11.8 Å². The highest BCUT2D eigenvalue weighted by molar-refractivity contribution is 5.93. The Hall–Kier alpha value is -4.01. The molecule has 0 radical (unpaired) electrons. The molecular formula is C30H34N4O5. The molecule has 1 amide bonds. The minimum atomic E-state index is -1.01. The van der Waals surface area contributed by atoms with E-state index in [1.807, 2.05) is 43.3 Å². The average Bonchev–Trinajstić information content (AvgIpc) is 3.42. The Labute approximate surface area is 227 Å². The molecule has 39 heavy (non-hydrogen) atoms. The minimum Gasteiger partial charge on any atom is -0.496 e. The number of methoxy groups -OCH3 is 2. The molecule has 4 bridgehead atoms. The first-order valence-electron chi connectivity index (χ1n) is 13.3. The second-order valence-corrected chi connectivity index (χ2v) is 11.7. The van der Waals surface area contributed by atoms with Crippen molar-refractivity contribution in [2.24, 2.45) is 11.8 Å². The van der Waals surface area contributed by atoms with E-state index < -0.39 is 28.3 Å². The highest BCUT2D eigenvalue weighted by Gasteiger charge is 2.72. The molecule has 1 aromatic heterocycles. The number of carboxylic acids is 1. The fourth-order valence-corrected chi connectivity index (χ4v) is 8.90. The molecule has 5 atom stereocenters.